The number of rotatable bonds is 5. The van der Waals surface area contributed by atoms with Crippen LogP contribution in [-0.2, 0) is 9.53 Å². The van der Waals surface area contributed by atoms with Crippen LogP contribution in [0.25, 0.3) is 0 Å². The Labute approximate surface area is 148 Å². The summed E-state index contributed by atoms with van der Waals surface area (Å²) in [6.45, 7) is 3.19. The summed E-state index contributed by atoms with van der Waals surface area (Å²) in [6, 6.07) is 8.48. The Kier molecular flexibility index (Phi) is 5.71. The Bertz CT molecular complexity index is 810. The maximum atomic E-state index is 11.9. The third-order valence-corrected chi connectivity index (χ3v) is 3.64. The third kappa shape index (κ3) is 4.77. The summed E-state index contributed by atoms with van der Waals surface area (Å²) in [7, 11) is 0. The van der Waals surface area contributed by atoms with Gasteiger partial charge < -0.3 is 10.1 Å². The number of benzene rings is 2. The van der Waals surface area contributed by atoms with Crippen molar-refractivity contribution >= 4 is 34.9 Å². The zero-order valence-corrected chi connectivity index (χ0v) is 14.3. The van der Waals surface area contributed by atoms with Crippen LogP contribution in [0.15, 0.2) is 36.4 Å². The second-order valence-electron chi connectivity index (χ2n) is 5.37. The maximum Gasteiger partial charge on any atom is 0.338 e. The number of ether oxygens (including phenoxy) is 1. The number of non-ortho nitro benzene ring substituents is 1. The first kappa shape index (κ1) is 18.4. The van der Waals surface area contributed by atoms with Crippen LogP contribution in [0.2, 0.25) is 5.02 Å². The van der Waals surface area contributed by atoms with Gasteiger partial charge in [-0.05, 0) is 43.2 Å². The smallest absolute Gasteiger partial charge is 0.338 e. The van der Waals surface area contributed by atoms with Crippen molar-refractivity contribution < 1.29 is 19.2 Å². The minimum Gasteiger partial charge on any atom is -0.452 e. The van der Waals surface area contributed by atoms with E-state index in [-0.39, 0.29) is 11.3 Å². The molecule has 1 amide bonds. The monoisotopic (exact) mass is 362 g/mol. The number of nitrogens with zero attached hydrogens (tertiary/aromatic N) is 1. The summed E-state index contributed by atoms with van der Waals surface area (Å²) in [5.74, 6) is -1.29. The van der Waals surface area contributed by atoms with Gasteiger partial charge in [0.05, 0.1) is 21.2 Å². The highest BCUT2D eigenvalue weighted by atomic mass is 35.5. The van der Waals surface area contributed by atoms with E-state index in [0.717, 1.165) is 11.1 Å². The molecule has 0 fully saturated rings. The van der Waals surface area contributed by atoms with E-state index in [0.29, 0.717) is 10.7 Å². The number of esters is 1. The highest BCUT2D eigenvalue weighted by molar-refractivity contribution is 6.34. The van der Waals surface area contributed by atoms with Crippen molar-refractivity contribution in [3.05, 3.63) is 68.2 Å². The Hall–Kier alpha value is -2.93. The van der Waals surface area contributed by atoms with Crippen LogP contribution in [0.5, 0.6) is 0 Å². The molecule has 0 aliphatic carbocycles. The zero-order chi connectivity index (χ0) is 18.6. The number of nitro benzene ring substituents is 1. The molecule has 0 spiro atoms. The second-order valence-corrected chi connectivity index (χ2v) is 5.77. The van der Waals surface area contributed by atoms with Crippen molar-refractivity contribution in [2.75, 3.05) is 11.9 Å². The summed E-state index contributed by atoms with van der Waals surface area (Å²) in [5, 5.41) is 13.6. The van der Waals surface area contributed by atoms with Crippen LogP contribution in [-0.4, -0.2) is 23.4 Å². The molecule has 0 aliphatic rings. The Morgan fingerprint density at radius 3 is 2.40 bits per heavy atom. The van der Waals surface area contributed by atoms with Crippen molar-refractivity contribution in [2.24, 2.45) is 0 Å². The van der Waals surface area contributed by atoms with Crippen LogP contribution < -0.4 is 5.32 Å². The van der Waals surface area contributed by atoms with Crippen molar-refractivity contribution in [2.45, 2.75) is 13.8 Å². The number of nitro groups is 1. The van der Waals surface area contributed by atoms with Gasteiger partial charge in [-0.1, -0.05) is 17.7 Å². The molecule has 2 aromatic rings. The Balaban J connectivity index is 1.96. The lowest BCUT2D eigenvalue weighted by molar-refractivity contribution is -0.384. The van der Waals surface area contributed by atoms with Crippen LogP contribution in [0, 0.1) is 24.0 Å². The van der Waals surface area contributed by atoms with E-state index in [2.05, 4.69) is 5.32 Å². The van der Waals surface area contributed by atoms with Gasteiger partial charge in [0.1, 0.15) is 0 Å². The van der Waals surface area contributed by atoms with Gasteiger partial charge in [0, 0.05) is 12.1 Å². The van der Waals surface area contributed by atoms with Gasteiger partial charge in [-0.2, -0.15) is 0 Å². The molecule has 0 aromatic heterocycles. The minimum absolute atomic E-state index is 0.114. The van der Waals surface area contributed by atoms with Gasteiger partial charge in [-0.15, -0.1) is 0 Å². The first-order valence-corrected chi connectivity index (χ1v) is 7.64. The molecule has 130 valence electrons. The third-order valence-electron chi connectivity index (χ3n) is 3.34. The van der Waals surface area contributed by atoms with E-state index >= 15 is 0 Å². The molecule has 25 heavy (non-hydrogen) atoms. The fourth-order valence-corrected chi connectivity index (χ4v) is 2.55. The standard InChI is InChI=1S/C17H15ClN2O5/c1-10-7-11(2)16(14(18)8-10)19-15(21)9-25-17(22)12-3-5-13(6-4-12)20(23)24/h3-8H,9H2,1-2H3,(H,19,21). The minimum atomic E-state index is -0.753. The summed E-state index contributed by atoms with van der Waals surface area (Å²) < 4.78 is 4.90. The quantitative estimate of drug-likeness (QED) is 0.497. The normalized spacial score (nSPS) is 10.2. The molecular weight excluding hydrogens is 348 g/mol. The molecule has 7 nitrogen and oxygen atoms in total. The zero-order valence-electron chi connectivity index (χ0n) is 13.5. The number of carbonyl (C=O) groups excluding carboxylic acids is 2. The number of halogens is 1. The van der Waals surface area contributed by atoms with Crippen LogP contribution in [0.1, 0.15) is 21.5 Å². The number of aryl methyl sites for hydroxylation is 2. The Morgan fingerprint density at radius 2 is 1.84 bits per heavy atom. The van der Waals surface area contributed by atoms with Gasteiger partial charge in [-0.25, -0.2) is 4.79 Å². The molecule has 8 heteroatoms. The van der Waals surface area contributed by atoms with Gasteiger partial charge >= 0.3 is 5.97 Å². The Morgan fingerprint density at radius 1 is 1.20 bits per heavy atom. The maximum absolute atomic E-state index is 11.9. The predicted octanol–water partition coefficient (Wildman–Crippen LogP) is 3.66. The second kappa shape index (κ2) is 7.76. The van der Waals surface area contributed by atoms with Crippen molar-refractivity contribution in [1.82, 2.24) is 0 Å². The SMILES string of the molecule is Cc1cc(C)c(NC(=O)COC(=O)c2ccc([N+](=O)[O-])cc2)c(Cl)c1. The van der Waals surface area contributed by atoms with Gasteiger partial charge in [0.15, 0.2) is 6.61 Å². The van der Waals surface area contributed by atoms with Crippen LogP contribution in [0.3, 0.4) is 0 Å². The summed E-state index contributed by atoms with van der Waals surface area (Å²) in [6.07, 6.45) is 0. The molecule has 0 atom stereocenters. The lowest BCUT2D eigenvalue weighted by Gasteiger charge is -2.11. The molecule has 2 rings (SSSR count). The molecule has 2 aromatic carbocycles. The molecule has 0 radical (unpaired) electrons. The first-order valence-electron chi connectivity index (χ1n) is 7.26. The molecule has 0 aliphatic heterocycles. The largest absolute Gasteiger partial charge is 0.452 e. The fourth-order valence-electron chi connectivity index (χ4n) is 2.18. The molecule has 1 N–H and O–H groups in total. The number of nitrogens with one attached hydrogen (secondary N) is 1. The van der Waals surface area contributed by atoms with E-state index in [4.69, 9.17) is 16.3 Å². The highest BCUT2D eigenvalue weighted by Gasteiger charge is 2.14. The van der Waals surface area contributed by atoms with Gasteiger partial charge in [-0.3, -0.25) is 14.9 Å². The molecule has 0 heterocycles. The van der Waals surface area contributed by atoms with Crippen LogP contribution >= 0.6 is 11.6 Å². The summed E-state index contributed by atoms with van der Waals surface area (Å²) >= 11 is 6.10. The summed E-state index contributed by atoms with van der Waals surface area (Å²) in [5.41, 5.74) is 2.19. The number of hydrogen-bond donors (Lipinski definition) is 1. The van der Waals surface area contributed by atoms with E-state index in [9.17, 15) is 19.7 Å². The topological polar surface area (TPSA) is 98.5 Å². The average Bonchev–Trinajstić information content (AvgIpc) is 2.56. The molecule has 0 unspecified atom stereocenters. The van der Waals surface area contributed by atoms with E-state index in [1.165, 1.54) is 24.3 Å². The number of hydrogen-bond acceptors (Lipinski definition) is 5. The van der Waals surface area contributed by atoms with E-state index in [1.54, 1.807) is 13.0 Å². The molecule has 0 saturated carbocycles. The van der Waals surface area contributed by atoms with Gasteiger partial charge in [0.2, 0.25) is 0 Å². The molecule has 0 bridgehead atoms. The highest BCUT2D eigenvalue weighted by Crippen LogP contribution is 2.27. The van der Waals surface area contributed by atoms with Crippen molar-refractivity contribution in [1.29, 1.82) is 0 Å². The van der Waals surface area contributed by atoms with E-state index < -0.39 is 23.4 Å². The fraction of sp³-hybridized carbons (Fsp3) is 0.176. The van der Waals surface area contributed by atoms with Crippen LogP contribution in [0.4, 0.5) is 11.4 Å². The number of carbonyl (C=O) groups is 2. The lowest BCUT2D eigenvalue weighted by atomic mass is 10.1. The number of anilines is 1. The predicted molar refractivity (Wildman–Crippen MR) is 92.9 cm³/mol. The lowest BCUT2D eigenvalue weighted by Crippen LogP contribution is -2.21. The summed E-state index contributed by atoms with van der Waals surface area (Å²) in [4.78, 5) is 33.8. The van der Waals surface area contributed by atoms with Crippen molar-refractivity contribution in [3.8, 4) is 0 Å². The molecule has 0 saturated heterocycles. The number of amides is 1. The van der Waals surface area contributed by atoms with Crippen molar-refractivity contribution in [3.63, 3.8) is 0 Å². The first-order chi connectivity index (χ1) is 11.8. The molecular formula is C17H15ClN2O5. The average molecular weight is 363 g/mol. The van der Waals surface area contributed by atoms with E-state index in [1.807, 2.05) is 13.0 Å². The van der Waals surface area contributed by atoms with Gasteiger partial charge in [0.25, 0.3) is 11.6 Å².